The van der Waals surface area contributed by atoms with Crippen molar-refractivity contribution < 1.29 is 14.7 Å². The lowest BCUT2D eigenvalue weighted by Gasteiger charge is -2.07. The highest BCUT2D eigenvalue weighted by molar-refractivity contribution is 6.30. The molecule has 0 aliphatic heterocycles. The van der Waals surface area contributed by atoms with Crippen LogP contribution in [0.2, 0.25) is 5.02 Å². The Kier molecular flexibility index (Phi) is 5.06. The number of nitriles is 1. The molecule has 2 aromatic rings. The average Bonchev–Trinajstić information content (AvgIpc) is 3.48. The van der Waals surface area contributed by atoms with Crippen LogP contribution in [-0.2, 0) is 4.79 Å². The van der Waals surface area contributed by atoms with Crippen LogP contribution in [0.4, 0.5) is 5.69 Å². The monoisotopic (exact) mass is 366 g/mol. The van der Waals surface area contributed by atoms with Crippen LogP contribution in [0.25, 0.3) is 0 Å². The number of rotatable bonds is 5. The third kappa shape index (κ3) is 3.93. The molecule has 0 spiro atoms. The first kappa shape index (κ1) is 17.7. The van der Waals surface area contributed by atoms with E-state index in [2.05, 4.69) is 5.32 Å². The Hall–Kier alpha value is -3.10. The molecule has 0 bridgehead atoms. The highest BCUT2D eigenvalue weighted by Gasteiger charge is 2.30. The Morgan fingerprint density at radius 3 is 2.08 bits per heavy atom. The van der Waals surface area contributed by atoms with Gasteiger partial charge in [-0.05, 0) is 61.4 Å². The molecule has 26 heavy (non-hydrogen) atoms. The molecule has 6 heteroatoms. The predicted molar refractivity (Wildman–Crippen MR) is 97.9 cm³/mol. The molecule has 0 aromatic heterocycles. The summed E-state index contributed by atoms with van der Waals surface area (Å²) in [5.41, 5.74) is 1.13. The lowest BCUT2D eigenvalue weighted by molar-refractivity contribution is -0.112. The number of benzene rings is 2. The lowest BCUT2D eigenvalue weighted by atomic mass is 10.0. The Balaban J connectivity index is 1.72. The van der Waals surface area contributed by atoms with Gasteiger partial charge in [-0.25, -0.2) is 0 Å². The number of carbonyl (C=O) groups excluding carboxylic acids is 2. The number of aliphatic hydroxyl groups is 1. The van der Waals surface area contributed by atoms with Crippen LogP contribution in [0, 0.1) is 17.2 Å². The maximum atomic E-state index is 12.4. The average molecular weight is 367 g/mol. The number of carbonyl (C=O) groups is 2. The number of allylic oxidation sites excluding steroid dienone is 1. The standard InChI is InChI=1S/C20H15ClN2O3/c21-15-7-3-12(4-8-15)18(24)13-5-9-16(10-6-13)23-20(26)17(11-22)19(25)14-1-2-14/h3-10,14,25H,1-2H2,(H,23,26)/b19-17-. The minimum atomic E-state index is -0.659. The van der Waals surface area contributed by atoms with Crippen LogP contribution >= 0.6 is 11.6 Å². The van der Waals surface area contributed by atoms with Crippen molar-refractivity contribution in [1.29, 1.82) is 5.26 Å². The van der Waals surface area contributed by atoms with Crippen molar-refractivity contribution in [2.24, 2.45) is 5.92 Å². The minimum Gasteiger partial charge on any atom is -0.510 e. The molecular formula is C20H15ClN2O3. The largest absolute Gasteiger partial charge is 0.510 e. The van der Waals surface area contributed by atoms with Gasteiger partial charge in [0.1, 0.15) is 11.8 Å². The second-order valence-electron chi connectivity index (χ2n) is 6.01. The van der Waals surface area contributed by atoms with Crippen LogP contribution in [0.15, 0.2) is 59.9 Å². The Morgan fingerprint density at radius 1 is 1.04 bits per heavy atom. The molecule has 0 saturated heterocycles. The number of nitrogens with zero attached hydrogens (tertiary/aromatic N) is 1. The topological polar surface area (TPSA) is 90.2 Å². The van der Waals surface area contributed by atoms with Crippen LogP contribution in [-0.4, -0.2) is 16.8 Å². The van der Waals surface area contributed by atoms with Crippen molar-refractivity contribution in [3.05, 3.63) is 76.0 Å². The van der Waals surface area contributed by atoms with Gasteiger partial charge in [-0.3, -0.25) is 9.59 Å². The van der Waals surface area contributed by atoms with Gasteiger partial charge in [0.15, 0.2) is 11.4 Å². The maximum Gasteiger partial charge on any atom is 0.269 e. The summed E-state index contributed by atoms with van der Waals surface area (Å²) in [5, 5.41) is 22.1. The van der Waals surface area contributed by atoms with Gasteiger partial charge in [0.2, 0.25) is 0 Å². The van der Waals surface area contributed by atoms with E-state index in [0.29, 0.717) is 21.8 Å². The molecule has 1 aliphatic rings. The molecule has 3 rings (SSSR count). The lowest BCUT2D eigenvalue weighted by Crippen LogP contribution is -2.16. The fourth-order valence-electron chi connectivity index (χ4n) is 2.45. The van der Waals surface area contributed by atoms with Gasteiger partial charge in [0, 0.05) is 27.8 Å². The zero-order valence-corrected chi connectivity index (χ0v) is 14.5. The molecule has 1 saturated carbocycles. The molecule has 0 heterocycles. The van der Waals surface area contributed by atoms with Gasteiger partial charge in [0.25, 0.3) is 5.91 Å². The first-order chi connectivity index (χ1) is 12.5. The molecular weight excluding hydrogens is 352 g/mol. The van der Waals surface area contributed by atoms with Crippen molar-refractivity contribution in [1.82, 2.24) is 0 Å². The summed E-state index contributed by atoms with van der Waals surface area (Å²) in [7, 11) is 0. The fourth-order valence-corrected chi connectivity index (χ4v) is 2.58. The van der Waals surface area contributed by atoms with Crippen molar-refractivity contribution in [3.63, 3.8) is 0 Å². The Morgan fingerprint density at radius 2 is 1.58 bits per heavy atom. The molecule has 0 atom stereocenters. The van der Waals surface area contributed by atoms with Gasteiger partial charge < -0.3 is 10.4 Å². The number of hydrogen-bond acceptors (Lipinski definition) is 4. The van der Waals surface area contributed by atoms with E-state index in [1.54, 1.807) is 54.6 Å². The van der Waals surface area contributed by atoms with E-state index in [1.165, 1.54) is 0 Å². The molecule has 5 nitrogen and oxygen atoms in total. The number of halogens is 1. The summed E-state index contributed by atoms with van der Waals surface area (Å²) in [6.07, 6.45) is 1.57. The second kappa shape index (κ2) is 7.42. The van der Waals surface area contributed by atoms with Crippen molar-refractivity contribution >= 4 is 29.0 Å². The summed E-state index contributed by atoms with van der Waals surface area (Å²) in [6.45, 7) is 0. The van der Waals surface area contributed by atoms with Crippen molar-refractivity contribution in [2.75, 3.05) is 5.32 Å². The SMILES string of the molecule is N#C/C(C(=O)Nc1ccc(C(=O)c2ccc(Cl)cc2)cc1)=C(/O)C1CC1. The van der Waals surface area contributed by atoms with Gasteiger partial charge in [0.05, 0.1) is 0 Å². The number of hydrogen-bond donors (Lipinski definition) is 2. The molecule has 130 valence electrons. The quantitative estimate of drug-likeness (QED) is 0.358. The molecule has 1 fully saturated rings. The molecule has 0 radical (unpaired) electrons. The molecule has 2 N–H and O–H groups in total. The van der Waals surface area contributed by atoms with E-state index in [-0.39, 0.29) is 23.0 Å². The van der Waals surface area contributed by atoms with Gasteiger partial charge in [-0.1, -0.05) is 11.6 Å². The number of aliphatic hydroxyl groups excluding tert-OH is 1. The first-order valence-corrected chi connectivity index (χ1v) is 8.42. The van der Waals surface area contributed by atoms with E-state index in [4.69, 9.17) is 16.9 Å². The molecule has 0 unspecified atom stereocenters. The normalized spacial score (nSPS) is 14.2. The number of ketones is 1. The third-order valence-electron chi connectivity index (χ3n) is 4.07. The zero-order valence-electron chi connectivity index (χ0n) is 13.7. The fraction of sp³-hybridized carbons (Fsp3) is 0.150. The van der Waals surface area contributed by atoms with Crippen LogP contribution in [0.5, 0.6) is 0 Å². The van der Waals surface area contributed by atoms with Gasteiger partial charge >= 0.3 is 0 Å². The van der Waals surface area contributed by atoms with E-state index >= 15 is 0 Å². The van der Waals surface area contributed by atoms with E-state index in [1.807, 2.05) is 0 Å². The Labute approximate surface area is 155 Å². The summed E-state index contributed by atoms with van der Waals surface area (Å²) in [4.78, 5) is 24.6. The van der Waals surface area contributed by atoms with Gasteiger partial charge in [-0.2, -0.15) is 5.26 Å². The van der Waals surface area contributed by atoms with E-state index in [9.17, 15) is 14.7 Å². The second-order valence-corrected chi connectivity index (χ2v) is 6.45. The molecule has 2 aromatic carbocycles. The summed E-state index contributed by atoms with van der Waals surface area (Å²) in [6, 6.07) is 14.6. The number of amides is 1. The predicted octanol–water partition coefficient (Wildman–Crippen LogP) is 4.26. The van der Waals surface area contributed by atoms with E-state index in [0.717, 1.165) is 12.8 Å². The third-order valence-corrected chi connectivity index (χ3v) is 4.32. The summed E-state index contributed by atoms with van der Waals surface area (Å²) < 4.78 is 0. The van der Waals surface area contributed by atoms with Crippen molar-refractivity contribution in [2.45, 2.75) is 12.8 Å². The smallest absolute Gasteiger partial charge is 0.269 e. The van der Waals surface area contributed by atoms with E-state index < -0.39 is 5.91 Å². The van der Waals surface area contributed by atoms with Gasteiger partial charge in [-0.15, -0.1) is 0 Å². The highest BCUT2D eigenvalue weighted by Crippen LogP contribution is 2.36. The van der Waals surface area contributed by atoms with Crippen LogP contribution < -0.4 is 5.32 Å². The molecule has 1 amide bonds. The Bertz CT molecular complexity index is 921. The summed E-state index contributed by atoms with van der Waals surface area (Å²) in [5.74, 6) is -1.06. The molecule has 1 aliphatic carbocycles. The number of nitrogens with one attached hydrogen (secondary N) is 1. The summed E-state index contributed by atoms with van der Waals surface area (Å²) >= 11 is 5.82. The maximum absolute atomic E-state index is 12.4. The number of anilines is 1. The first-order valence-electron chi connectivity index (χ1n) is 8.04. The van der Waals surface area contributed by atoms with Crippen molar-refractivity contribution in [3.8, 4) is 6.07 Å². The minimum absolute atomic E-state index is 0.0882. The van der Waals surface area contributed by atoms with Crippen LogP contribution in [0.3, 0.4) is 0 Å². The zero-order chi connectivity index (χ0) is 18.7. The van der Waals surface area contributed by atoms with Crippen LogP contribution in [0.1, 0.15) is 28.8 Å². The highest BCUT2D eigenvalue weighted by atomic mass is 35.5.